The SMILES string of the molecule is CC(C)c1nc(CN=C(N)N)n(C)c1Sc1ccccc1. The van der Waals surface area contributed by atoms with Gasteiger partial charge in [-0.05, 0) is 18.1 Å². The van der Waals surface area contributed by atoms with Crippen molar-refractivity contribution in [3.05, 3.63) is 41.9 Å². The fourth-order valence-electron chi connectivity index (χ4n) is 1.95. The number of aromatic nitrogens is 2. The largest absolute Gasteiger partial charge is 0.370 e. The zero-order valence-corrected chi connectivity index (χ0v) is 13.4. The first-order chi connectivity index (χ1) is 9.99. The average Bonchev–Trinajstić information content (AvgIpc) is 2.75. The highest BCUT2D eigenvalue weighted by Gasteiger charge is 2.18. The summed E-state index contributed by atoms with van der Waals surface area (Å²) in [6.07, 6.45) is 0. The van der Waals surface area contributed by atoms with E-state index in [0.29, 0.717) is 12.5 Å². The van der Waals surface area contributed by atoms with Crippen LogP contribution in [0.4, 0.5) is 0 Å². The number of hydrogen-bond donors (Lipinski definition) is 2. The second-order valence-electron chi connectivity index (χ2n) is 5.09. The average molecular weight is 303 g/mol. The van der Waals surface area contributed by atoms with E-state index < -0.39 is 0 Å². The third kappa shape index (κ3) is 3.78. The highest BCUT2D eigenvalue weighted by Crippen LogP contribution is 2.34. The summed E-state index contributed by atoms with van der Waals surface area (Å²) in [7, 11) is 2.00. The molecule has 0 atom stereocenters. The molecule has 0 saturated carbocycles. The lowest BCUT2D eigenvalue weighted by Gasteiger charge is -2.08. The Hall–Kier alpha value is -1.95. The van der Waals surface area contributed by atoms with Crippen molar-refractivity contribution in [1.82, 2.24) is 9.55 Å². The summed E-state index contributed by atoms with van der Waals surface area (Å²) in [6, 6.07) is 10.3. The molecule has 0 aliphatic heterocycles. The molecule has 21 heavy (non-hydrogen) atoms. The number of imidazole rings is 1. The summed E-state index contributed by atoms with van der Waals surface area (Å²) in [4.78, 5) is 9.95. The summed E-state index contributed by atoms with van der Waals surface area (Å²) in [5.41, 5.74) is 11.9. The minimum absolute atomic E-state index is 0.0846. The van der Waals surface area contributed by atoms with Crippen LogP contribution < -0.4 is 11.5 Å². The molecule has 2 aromatic rings. The first kappa shape index (κ1) is 15.4. The van der Waals surface area contributed by atoms with Crippen LogP contribution in [0, 0.1) is 0 Å². The van der Waals surface area contributed by atoms with E-state index in [4.69, 9.17) is 16.5 Å². The third-order valence-electron chi connectivity index (χ3n) is 3.07. The molecule has 1 aromatic heterocycles. The van der Waals surface area contributed by atoms with Crippen molar-refractivity contribution in [2.24, 2.45) is 23.5 Å². The van der Waals surface area contributed by atoms with Crippen LogP contribution in [-0.2, 0) is 13.6 Å². The fourth-order valence-corrected chi connectivity index (χ4v) is 3.10. The minimum atomic E-state index is 0.0846. The Kier molecular flexibility index (Phi) is 4.90. The second-order valence-corrected chi connectivity index (χ2v) is 6.15. The van der Waals surface area contributed by atoms with Gasteiger partial charge in [0.05, 0.1) is 5.69 Å². The summed E-state index contributed by atoms with van der Waals surface area (Å²) in [5.74, 6) is 1.29. The lowest BCUT2D eigenvalue weighted by molar-refractivity contribution is 0.732. The van der Waals surface area contributed by atoms with Crippen LogP contribution in [0.3, 0.4) is 0 Å². The molecule has 112 valence electrons. The Balaban J connectivity index is 2.36. The first-order valence-electron chi connectivity index (χ1n) is 6.82. The topological polar surface area (TPSA) is 82.2 Å². The summed E-state index contributed by atoms with van der Waals surface area (Å²) in [5, 5.41) is 1.14. The summed E-state index contributed by atoms with van der Waals surface area (Å²) >= 11 is 1.71. The Morgan fingerprint density at radius 2 is 1.95 bits per heavy atom. The fraction of sp³-hybridized carbons (Fsp3) is 0.333. The molecule has 0 unspecified atom stereocenters. The van der Waals surface area contributed by atoms with E-state index in [1.165, 1.54) is 4.90 Å². The van der Waals surface area contributed by atoms with Crippen LogP contribution >= 0.6 is 11.8 Å². The molecule has 0 spiro atoms. The van der Waals surface area contributed by atoms with Crippen LogP contribution in [0.5, 0.6) is 0 Å². The Morgan fingerprint density at radius 3 is 2.52 bits per heavy atom. The predicted molar refractivity (Wildman–Crippen MR) is 87.4 cm³/mol. The maximum absolute atomic E-state index is 5.40. The number of aliphatic imine (C=N–C) groups is 1. The molecule has 0 aliphatic rings. The third-order valence-corrected chi connectivity index (χ3v) is 4.25. The highest BCUT2D eigenvalue weighted by molar-refractivity contribution is 7.99. The van der Waals surface area contributed by atoms with Crippen molar-refractivity contribution in [3.63, 3.8) is 0 Å². The van der Waals surface area contributed by atoms with E-state index in [0.717, 1.165) is 16.5 Å². The monoisotopic (exact) mass is 303 g/mol. The van der Waals surface area contributed by atoms with Crippen LogP contribution in [0.25, 0.3) is 0 Å². The van der Waals surface area contributed by atoms with Crippen LogP contribution in [0.1, 0.15) is 31.3 Å². The van der Waals surface area contributed by atoms with E-state index >= 15 is 0 Å². The lowest BCUT2D eigenvalue weighted by Crippen LogP contribution is -2.22. The zero-order valence-electron chi connectivity index (χ0n) is 12.6. The summed E-state index contributed by atoms with van der Waals surface area (Å²) < 4.78 is 2.07. The van der Waals surface area contributed by atoms with Gasteiger partial charge in [-0.15, -0.1) is 0 Å². The van der Waals surface area contributed by atoms with Gasteiger partial charge in [0, 0.05) is 11.9 Å². The van der Waals surface area contributed by atoms with Crippen LogP contribution in [0.2, 0.25) is 0 Å². The molecule has 0 radical (unpaired) electrons. The van der Waals surface area contributed by atoms with Crippen molar-refractivity contribution in [3.8, 4) is 0 Å². The van der Waals surface area contributed by atoms with Crippen LogP contribution in [-0.4, -0.2) is 15.5 Å². The van der Waals surface area contributed by atoms with Gasteiger partial charge in [-0.3, -0.25) is 0 Å². The Morgan fingerprint density at radius 1 is 1.29 bits per heavy atom. The maximum atomic E-state index is 5.40. The molecular weight excluding hydrogens is 282 g/mol. The number of rotatable bonds is 5. The Bertz CT molecular complexity index is 627. The highest BCUT2D eigenvalue weighted by atomic mass is 32.2. The van der Waals surface area contributed by atoms with Gasteiger partial charge in [-0.2, -0.15) is 0 Å². The van der Waals surface area contributed by atoms with Gasteiger partial charge >= 0.3 is 0 Å². The number of nitrogens with zero attached hydrogens (tertiary/aromatic N) is 3. The van der Waals surface area contributed by atoms with Crippen molar-refractivity contribution in [2.45, 2.75) is 36.2 Å². The first-order valence-corrected chi connectivity index (χ1v) is 7.64. The molecule has 4 N–H and O–H groups in total. The molecule has 1 aromatic carbocycles. The molecular formula is C15H21N5S. The maximum Gasteiger partial charge on any atom is 0.186 e. The normalized spacial score (nSPS) is 10.9. The lowest BCUT2D eigenvalue weighted by atomic mass is 10.2. The van der Waals surface area contributed by atoms with Crippen molar-refractivity contribution < 1.29 is 0 Å². The number of nitrogens with two attached hydrogens (primary N) is 2. The molecule has 5 nitrogen and oxygen atoms in total. The van der Waals surface area contributed by atoms with Gasteiger partial charge in [0.25, 0.3) is 0 Å². The van der Waals surface area contributed by atoms with E-state index in [9.17, 15) is 0 Å². The van der Waals surface area contributed by atoms with E-state index in [1.807, 2.05) is 25.2 Å². The molecule has 6 heteroatoms. The smallest absolute Gasteiger partial charge is 0.186 e. The van der Waals surface area contributed by atoms with Crippen molar-refractivity contribution >= 4 is 17.7 Å². The van der Waals surface area contributed by atoms with Gasteiger partial charge in [0.2, 0.25) is 0 Å². The van der Waals surface area contributed by atoms with E-state index in [1.54, 1.807) is 11.8 Å². The number of hydrogen-bond acceptors (Lipinski definition) is 3. The van der Waals surface area contributed by atoms with E-state index in [2.05, 4.69) is 35.5 Å². The number of guanidine groups is 1. The standard InChI is InChI=1S/C15H21N5S/c1-10(2)13-14(21-11-7-5-4-6-8-11)20(3)12(19-13)9-18-15(16)17/h4-8,10H,9H2,1-3H3,(H4,16,17,18). The molecule has 0 aliphatic carbocycles. The van der Waals surface area contributed by atoms with Gasteiger partial charge < -0.3 is 16.0 Å². The van der Waals surface area contributed by atoms with Crippen molar-refractivity contribution in [2.75, 3.05) is 0 Å². The predicted octanol–water partition coefficient (Wildman–Crippen LogP) is 2.47. The second kappa shape index (κ2) is 6.67. The number of benzene rings is 1. The molecule has 0 saturated heterocycles. The van der Waals surface area contributed by atoms with Gasteiger partial charge in [-0.1, -0.05) is 43.8 Å². The summed E-state index contributed by atoms with van der Waals surface area (Å²) in [6.45, 7) is 4.68. The van der Waals surface area contributed by atoms with E-state index in [-0.39, 0.29) is 5.96 Å². The van der Waals surface area contributed by atoms with Crippen LogP contribution in [0.15, 0.2) is 45.2 Å². The molecule has 0 bridgehead atoms. The Labute approximate surface area is 129 Å². The molecule has 1 heterocycles. The van der Waals surface area contributed by atoms with Gasteiger partial charge in [0.15, 0.2) is 5.96 Å². The zero-order chi connectivity index (χ0) is 15.4. The van der Waals surface area contributed by atoms with Gasteiger partial charge in [-0.25, -0.2) is 9.98 Å². The molecule has 2 rings (SSSR count). The quantitative estimate of drug-likeness (QED) is 0.656. The molecule has 0 amide bonds. The van der Waals surface area contributed by atoms with Gasteiger partial charge in [0.1, 0.15) is 17.4 Å². The van der Waals surface area contributed by atoms with Crippen molar-refractivity contribution in [1.29, 1.82) is 0 Å². The minimum Gasteiger partial charge on any atom is -0.370 e. The molecule has 0 fully saturated rings.